The minimum atomic E-state index is -0.512. The molecule has 0 aromatic rings. The van der Waals surface area contributed by atoms with Crippen molar-refractivity contribution in [3.8, 4) is 0 Å². The van der Waals surface area contributed by atoms with E-state index in [1.54, 1.807) is 7.05 Å². The lowest BCUT2D eigenvalue weighted by Crippen LogP contribution is -2.36. The maximum absolute atomic E-state index is 11.9. The minimum Gasteiger partial charge on any atom is -0.444 e. The summed E-state index contributed by atoms with van der Waals surface area (Å²) in [5.41, 5.74) is -0.512. The zero-order chi connectivity index (χ0) is 40.2. The van der Waals surface area contributed by atoms with Gasteiger partial charge in [-0.3, -0.25) is 0 Å². The molecule has 0 saturated carbocycles. The monoisotopic (exact) mass is 802 g/mol. The maximum atomic E-state index is 11.9. The van der Waals surface area contributed by atoms with Gasteiger partial charge in [0.15, 0.2) is 0 Å². The summed E-state index contributed by atoms with van der Waals surface area (Å²) in [7, 11) is 1.68. The van der Waals surface area contributed by atoms with Gasteiger partial charge in [0.25, 0.3) is 0 Å². The minimum absolute atomic E-state index is 0.365. The first kappa shape index (κ1) is 53.8. The Morgan fingerprint density at radius 3 is 0.855 bits per heavy atom. The second-order valence-corrected chi connectivity index (χ2v) is 13.3. The second kappa shape index (κ2) is 43.9. The molecule has 16 nitrogen and oxygen atoms in total. The number of hydrogen-bond acceptors (Lipinski definition) is 15. The van der Waals surface area contributed by atoms with Crippen LogP contribution in [0.5, 0.6) is 0 Å². The molecule has 16 heteroatoms. The van der Waals surface area contributed by atoms with Gasteiger partial charge in [-0.2, -0.15) is 0 Å². The Kier molecular flexibility index (Phi) is 42.9. The van der Waals surface area contributed by atoms with Crippen molar-refractivity contribution in [1.82, 2.24) is 4.90 Å². The van der Waals surface area contributed by atoms with Crippen molar-refractivity contribution in [2.24, 2.45) is 0 Å². The molecule has 0 aliphatic carbocycles. The molecule has 0 aliphatic heterocycles. The van der Waals surface area contributed by atoms with E-state index in [4.69, 9.17) is 66.3 Å². The third-order valence-corrected chi connectivity index (χ3v) is 7.13. The van der Waals surface area contributed by atoms with Crippen LogP contribution in [0.3, 0.4) is 0 Å². The van der Waals surface area contributed by atoms with Crippen molar-refractivity contribution >= 4 is 6.09 Å². The lowest BCUT2D eigenvalue weighted by atomic mass is 10.2. The number of carbonyl (C=O) groups excluding carboxylic acids is 1. The summed E-state index contributed by atoms with van der Waals surface area (Å²) in [4.78, 5) is 13.4. The number of amides is 1. The fraction of sp³-hybridized carbons (Fsp3) is 0.974. The third-order valence-electron chi connectivity index (χ3n) is 7.13. The SMILES string of the molecule is CCCCCCCOCCOCCOCCOCCOCCOCCOCCOCCOCCOCCOCCOCCOCCN(C)C(=O)OC(C)(C)C. The van der Waals surface area contributed by atoms with Crippen LogP contribution < -0.4 is 0 Å². The van der Waals surface area contributed by atoms with Crippen LogP contribution in [-0.2, 0) is 66.3 Å². The maximum Gasteiger partial charge on any atom is 0.410 e. The van der Waals surface area contributed by atoms with E-state index >= 15 is 0 Å². The molecule has 0 fully saturated rings. The highest BCUT2D eigenvalue weighted by Crippen LogP contribution is 2.08. The highest BCUT2D eigenvalue weighted by atomic mass is 16.6. The standard InChI is InChI=1S/C39H79NO15/c1-6-7-8-9-10-12-42-14-16-44-18-20-46-22-24-48-26-28-50-30-32-52-34-36-54-37-35-53-33-31-51-29-27-49-25-23-47-21-19-45-17-15-43-13-11-40(5)38(41)55-39(2,3)4/h6-37H2,1-5H3. The Bertz CT molecular complexity index is 763. The molecule has 330 valence electrons. The predicted molar refractivity (Wildman–Crippen MR) is 208 cm³/mol. The summed E-state index contributed by atoms with van der Waals surface area (Å²) in [5.74, 6) is 0. The quantitative estimate of drug-likeness (QED) is 0.0815. The molecule has 0 aromatic heterocycles. The van der Waals surface area contributed by atoms with Crippen molar-refractivity contribution in [3.63, 3.8) is 0 Å². The molecule has 0 rings (SSSR count). The van der Waals surface area contributed by atoms with Crippen molar-refractivity contribution < 1.29 is 71.1 Å². The summed E-state index contributed by atoms with van der Waals surface area (Å²) in [5, 5.41) is 0. The lowest BCUT2D eigenvalue weighted by Gasteiger charge is -2.24. The molecule has 1 amide bonds. The van der Waals surface area contributed by atoms with E-state index in [2.05, 4.69) is 6.92 Å². The normalized spacial score (nSPS) is 11.8. The number of likely N-dealkylation sites (N-methyl/N-ethyl adjacent to an activating group) is 1. The van der Waals surface area contributed by atoms with Gasteiger partial charge in [-0.1, -0.05) is 32.6 Å². The fourth-order valence-electron chi connectivity index (χ4n) is 4.18. The topological polar surface area (TPSA) is 150 Å². The molecule has 0 saturated heterocycles. The van der Waals surface area contributed by atoms with E-state index < -0.39 is 5.60 Å². The number of unbranched alkanes of at least 4 members (excludes halogenated alkanes) is 4. The van der Waals surface area contributed by atoms with Gasteiger partial charge in [-0.25, -0.2) is 4.79 Å². The van der Waals surface area contributed by atoms with Crippen LogP contribution in [0.15, 0.2) is 0 Å². The Labute approximate surface area is 332 Å². The molecule has 0 bridgehead atoms. The van der Waals surface area contributed by atoms with Crippen LogP contribution in [-0.4, -0.2) is 202 Å². The molecule has 0 atom stereocenters. The number of nitrogens with zero attached hydrogens (tertiary/aromatic N) is 1. The van der Waals surface area contributed by atoms with Gasteiger partial charge in [0.2, 0.25) is 0 Å². The molecule has 0 spiro atoms. The van der Waals surface area contributed by atoms with Crippen molar-refractivity contribution in [2.75, 3.05) is 185 Å². The average Bonchev–Trinajstić information content (AvgIpc) is 3.15. The summed E-state index contributed by atoms with van der Waals surface area (Å²) in [6.45, 7) is 21.7. The Morgan fingerprint density at radius 1 is 0.364 bits per heavy atom. The van der Waals surface area contributed by atoms with E-state index in [0.29, 0.717) is 172 Å². The highest BCUT2D eigenvalue weighted by molar-refractivity contribution is 5.67. The number of rotatable bonds is 45. The van der Waals surface area contributed by atoms with E-state index in [9.17, 15) is 4.79 Å². The van der Waals surface area contributed by atoms with Crippen LogP contribution in [0.25, 0.3) is 0 Å². The summed E-state index contributed by atoms with van der Waals surface area (Å²) < 4.78 is 76.8. The molecule has 0 heterocycles. The summed E-state index contributed by atoms with van der Waals surface area (Å²) >= 11 is 0. The van der Waals surface area contributed by atoms with Gasteiger partial charge in [0.05, 0.1) is 165 Å². The summed E-state index contributed by atoms with van der Waals surface area (Å²) in [6.07, 6.45) is 5.89. The van der Waals surface area contributed by atoms with E-state index in [1.807, 2.05) is 20.8 Å². The first-order valence-electron chi connectivity index (χ1n) is 20.3. The molecule has 0 aliphatic rings. The molecule has 0 unspecified atom stereocenters. The fourth-order valence-corrected chi connectivity index (χ4v) is 4.18. The Balaban J connectivity index is 3.12. The summed E-state index contributed by atoms with van der Waals surface area (Å²) in [6, 6.07) is 0. The zero-order valence-corrected chi connectivity index (χ0v) is 35.2. The van der Waals surface area contributed by atoms with Gasteiger partial charge < -0.3 is 71.2 Å². The number of ether oxygens (including phenoxy) is 14. The van der Waals surface area contributed by atoms with Crippen molar-refractivity contribution in [1.29, 1.82) is 0 Å². The smallest absolute Gasteiger partial charge is 0.410 e. The molecule has 0 radical (unpaired) electrons. The van der Waals surface area contributed by atoms with Crippen molar-refractivity contribution in [3.05, 3.63) is 0 Å². The van der Waals surface area contributed by atoms with Gasteiger partial charge in [-0.15, -0.1) is 0 Å². The van der Waals surface area contributed by atoms with Crippen LogP contribution in [0.2, 0.25) is 0 Å². The first-order valence-corrected chi connectivity index (χ1v) is 20.3. The molecule has 55 heavy (non-hydrogen) atoms. The average molecular weight is 802 g/mol. The molecular weight excluding hydrogens is 722 g/mol. The van der Waals surface area contributed by atoms with E-state index in [0.717, 1.165) is 13.0 Å². The molecule has 0 N–H and O–H groups in total. The van der Waals surface area contributed by atoms with Crippen LogP contribution in [0.1, 0.15) is 59.8 Å². The van der Waals surface area contributed by atoms with Crippen LogP contribution >= 0.6 is 0 Å². The predicted octanol–water partition coefficient (Wildman–Crippen LogP) is 4.04. The van der Waals surface area contributed by atoms with Crippen LogP contribution in [0, 0.1) is 0 Å². The molecular formula is C39H79NO15. The lowest BCUT2D eigenvalue weighted by molar-refractivity contribution is -0.0291. The first-order chi connectivity index (χ1) is 26.9. The largest absolute Gasteiger partial charge is 0.444 e. The van der Waals surface area contributed by atoms with Gasteiger partial charge in [0, 0.05) is 20.2 Å². The Morgan fingerprint density at radius 2 is 0.600 bits per heavy atom. The van der Waals surface area contributed by atoms with Gasteiger partial charge >= 0.3 is 6.09 Å². The van der Waals surface area contributed by atoms with E-state index in [-0.39, 0.29) is 6.09 Å². The van der Waals surface area contributed by atoms with Crippen molar-refractivity contribution in [2.45, 2.75) is 65.4 Å². The van der Waals surface area contributed by atoms with E-state index in [1.165, 1.54) is 30.6 Å². The van der Waals surface area contributed by atoms with Gasteiger partial charge in [-0.05, 0) is 27.2 Å². The highest BCUT2D eigenvalue weighted by Gasteiger charge is 2.19. The zero-order valence-electron chi connectivity index (χ0n) is 35.2. The Hall–Kier alpha value is -1.25. The van der Waals surface area contributed by atoms with Gasteiger partial charge in [0.1, 0.15) is 5.60 Å². The second-order valence-electron chi connectivity index (χ2n) is 13.3. The number of hydrogen-bond donors (Lipinski definition) is 0. The number of carbonyl (C=O) groups is 1. The third kappa shape index (κ3) is 47.0. The molecule has 0 aromatic carbocycles. The van der Waals surface area contributed by atoms with Crippen LogP contribution in [0.4, 0.5) is 4.79 Å².